The maximum absolute atomic E-state index is 12.3. The van der Waals surface area contributed by atoms with Gasteiger partial charge in [-0.15, -0.1) is 0 Å². The van der Waals surface area contributed by atoms with Crippen LogP contribution in [0.15, 0.2) is 39.9 Å². The second-order valence-electron chi connectivity index (χ2n) is 5.52. The van der Waals surface area contributed by atoms with Crippen molar-refractivity contribution in [1.82, 2.24) is 5.01 Å². The van der Waals surface area contributed by atoms with Crippen LogP contribution in [0.4, 0.5) is 0 Å². The second kappa shape index (κ2) is 7.32. The Morgan fingerprint density at radius 1 is 1.29 bits per heavy atom. The van der Waals surface area contributed by atoms with Gasteiger partial charge in [-0.3, -0.25) is 10.2 Å². The number of fused-ring (bicyclic) bond motifs is 1. The first-order valence-electron chi connectivity index (χ1n) is 7.83. The molecule has 5 nitrogen and oxygen atoms in total. The highest BCUT2D eigenvalue weighted by Crippen LogP contribution is 2.30. The summed E-state index contributed by atoms with van der Waals surface area (Å²) in [5, 5.41) is 16.2. The van der Waals surface area contributed by atoms with Crippen LogP contribution in [0, 0.1) is 5.41 Å². The zero-order valence-corrected chi connectivity index (χ0v) is 14.8. The molecule has 2 aliphatic rings. The number of nitrogens with zero attached hydrogens (tertiary/aromatic N) is 3. The van der Waals surface area contributed by atoms with E-state index in [1.807, 2.05) is 0 Å². The molecule has 0 bridgehead atoms. The fourth-order valence-corrected chi connectivity index (χ4v) is 3.44. The number of amidine groups is 2. The number of nitrogens with one attached hydrogen (secondary N) is 1. The summed E-state index contributed by atoms with van der Waals surface area (Å²) in [5.74, 6) is -0.336. The number of aliphatic imine (C=N–C) groups is 1. The molecule has 24 heavy (non-hydrogen) atoms. The third-order valence-electron chi connectivity index (χ3n) is 3.67. The van der Waals surface area contributed by atoms with Gasteiger partial charge in [-0.25, -0.2) is 0 Å². The Balaban J connectivity index is 1.82. The fourth-order valence-electron chi connectivity index (χ4n) is 2.38. The van der Waals surface area contributed by atoms with Crippen molar-refractivity contribution >= 4 is 51.4 Å². The third-order valence-corrected chi connectivity index (χ3v) is 4.89. The van der Waals surface area contributed by atoms with E-state index in [-0.39, 0.29) is 11.4 Å². The lowest BCUT2D eigenvalue weighted by atomic mass is 10.1. The molecule has 1 amide bonds. The number of carbonyl (C=O) groups excluding carboxylic acids is 1. The van der Waals surface area contributed by atoms with Crippen LogP contribution in [0.1, 0.15) is 38.2 Å². The number of hydrogen-bond donors (Lipinski definition) is 1. The number of thioether (sulfide) groups is 1. The standard InChI is InChI=1S/C17H17ClN4OS/c1-2-3-4-5-14-21-22-15(19)13(16(23)20-17(22)24-14)10-11-6-8-12(18)9-7-11/h6-10,19H,2-5H2,1H3/b13-10+,19-15?. The van der Waals surface area contributed by atoms with Crippen LogP contribution >= 0.6 is 23.4 Å². The zero-order valence-electron chi connectivity index (χ0n) is 13.3. The van der Waals surface area contributed by atoms with E-state index >= 15 is 0 Å². The zero-order chi connectivity index (χ0) is 17.1. The van der Waals surface area contributed by atoms with Gasteiger partial charge in [-0.1, -0.05) is 43.5 Å². The number of amides is 1. The molecule has 0 fully saturated rings. The summed E-state index contributed by atoms with van der Waals surface area (Å²) in [6.45, 7) is 2.15. The van der Waals surface area contributed by atoms with Crippen LogP contribution in [0.3, 0.4) is 0 Å². The monoisotopic (exact) mass is 360 g/mol. The summed E-state index contributed by atoms with van der Waals surface area (Å²) in [7, 11) is 0. The maximum atomic E-state index is 12.3. The SMILES string of the molecule is CCCCCC1=NN2C(=N)/C(=C\c3ccc(Cl)cc3)C(=O)N=C2S1. The van der Waals surface area contributed by atoms with Crippen LogP contribution < -0.4 is 0 Å². The minimum absolute atomic E-state index is 0.0675. The Labute approximate surface area is 150 Å². The molecule has 3 rings (SSSR count). The van der Waals surface area contributed by atoms with Gasteiger partial charge in [0.25, 0.3) is 5.91 Å². The number of carbonyl (C=O) groups is 1. The van der Waals surface area contributed by atoms with Crippen LogP contribution in [0.25, 0.3) is 6.08 Å². The number of rotatable bonds is 5. The number of hydrazone groups is 1. The number of hydrogen-bond acceptors (Lipinski definition) is 4. The van der Waals surface area contributed by atoms with Gasteiger partial charge in [0.2, 0.25) is 5.17 Å². The highest BCUT2D eigenvalue weighted by atomic mass is 35.5. The fraction of sp³-hybridized carbons (Fsp3) is 0.294. The van der Waals surface area contributed by atoms with Gasteiger partial charge in [0, 0.05) is 5.02 Å². The highest BCUT2D eigenvalue weighted by molar-refractivity contribution is 8.26. The first kappa shape index (κ1) is 16.9. The molecule has 0 radical (unpaired) electrons. The molecule has 124 valence electrons. The van der Waals surface area contributed by atoms with E-state index in [4.69, 9.17) is 17.0 Å². The number of benzene rings is 1. The molecule has 7 heteroatoms. The van der Waals surface area contributed by atoms with E-state index in [2.05, 4.69) is 17.0 Å². The Morgan fingerprint density at radius 3 is 2.75 bits per heavy atom. The van der Waals surface area contributed by atoms with Gasteiger partial charge in [-0.05, 0) is 48.4 Å². The Kier molecular flexibility index (Phi) is 5.16. The minimum Gasteiger partial charge on any atom is -0.282 e. The van der Waals surface area contributed by atoms with Gasteiger partial charge in [-0.2, -0.15) is 15.1 Å². The maximum Gasteiger partial charge on any atom is 0.283 e. The molecule has 0 atom stereocenters. The van der Waals surface area contributed by atoms with E-state index in [0.29, 0.717) is 10.2 Å². The third kappa shape index (κ3) is 3.60. The van der Waals surface area contributed by atoms with Crippen molar-refractivity contribution in [2.24, 2.45) is 10.1 Å². The molecule has 0 saturated heterocycles. The van der Waals surface area contributed by atoms with Crippen molar-refractivity contribution in [3.63, 3.8) is 0 Å². The molecule has 2 aliphatic heterocycles. The first-order chi connectivity index (χ1) is 11.6. The van der Waals surface area contributed by atoms with E-state index in [0.717, 1.165) is 36.3 Å². The quantitative estimate of drug-likeness (QED) is 0.619. The lowest BCUT2D eigenvalue weighted by Gasteiger charge is -2.20. The van der Waals surface area contributed by atoms with Crippen molar-refractivity contribution in [2.75, 3.05) is 0 Å². The number of unbranched alkanes of at least 4 members (excludes halogenated alkanes) is 2. The Bertz CT molecular complexity index is 767. The summed E-state index contributed by atoms with van der Waals surface area (Å²) in [6.07, 6.45) is 5.84. The van der Waals surface area contributed by atoms with E-state index in [9.17, 15) is 4.79 Å². The van der Waals surface area contributed by atoms with Crippen molar-refractivity contribution in [1.29, 1.82) is 5.41 Å². The van der Waals surface area contributed by atoms with Crippen LogP contribution in [-0.4, -0.2) is 27.0 Å². The van der Waals surface area contributed by atoms with Gasteiger partial charge in [0.15, 0.2) is 5.84 Å². The summed E-state index contributed by atoms with van der Waals surface area (Å²) >= 11 is 7.25. The predicted molar refractivity (Wildman–Crippen MR) is 101 cm³/mol. The van der Waals surface area contributed by atoms with Crippen molar-refractivity contribution in [3.8, 4) is 0 Å². The molecule has 0 saturated carbocycles. The normalized spacial score (nSPS) is 18.8. The summed E-state index contributed by atoms with van der Waals surface area (Å²) in [5.41, 5.74) is 1.03. The smallest absolute Gasteiger partial charge is 0.282 e. The van der Waals surface area contributed by atoms with E-state index in [1.165, 1.54) is 16.8 Å². The largest absolute Gasteiger partial charge is 0.283 e. The molecule has 1 aromatic carbocycles. The van der Waals surface area contributed by atoms with Gasteiger partial charge in [0.05, 0.1) is 5.57 Å². The topological polar surface area (TPSA) is 68.9 Å². The second-order valence-corrected chi connectivity index (χ2v) is 7.00. The molecule has 0 unspecified atom stereocenters. The summed E-state index contributed by atoms with van der Waals surface area (Å²) in [6, 6.07) is 7.09. The predicted octanol–water partition coefficient (Wildman–Crippen LogP) is 4.54. The molecule has 0 aliphatic carbocycles. The lowest BCUT2D eigenvalue weighted by Crippen LogP contribution is -2.35. The minimum atomic E-state index is -0.404. The molecular weight excluding hydrogens is 344 g/mol. The lowest BCUT2D eigenvalue weighted by molar-refractivity contribution is -0.114. The molecule has 0 spiro atoms. The van der Waals surface area contributed by atoms with Crippen LogP contribution in [0.2, 0.25) is 5.02 Å². The molecule has 1 N–H and O–H groups in total. The van der Waals surface area contributed by atoms with Crippen molar-refractivity contribution in [3.05, 3.63) is 40.4 Å². The molecule has 2 heterocycles. The van der Waals surface area contributed by atoms with Crippen molar-refractivity contribution < 1.29 is 4.79 Å². The average molecular weight is 361 g/mol. The van der Waals surface area contributed by atoms with Crippen LogP contribution in [0.5, 0.6) is 0 Å². The van der Waals surface area contributed by atoms with Gasteiger partial charge in [0.1, 0.15) is 5.04 Å². The van der Waals surface area contributed by atoms with Crippen molar-refractivity contribution in [2.45, 2.75) is 32.6 Å². The average Bonchev–Trinajstić information content (AvgIpc) is 2.96. The van der Waals surface area contributed by atoms with Crippen LogP contribution in [-0.2, 0) is 4.79 Å². The summed E-state index contributed by atoms with van der Waals surface area (Å²) < 4.78 is 0. The summed E-state index contributed by atoms with van der Waals surface area (Å²) in [4.78, 5) is 16.4. The Hall–Kier alpha value is -1.92. The van der Waals surface area contributed by atoms with E-state index < -0.39 is 5.91 Å². The van der Waals surface area contributed by atoms with E-state index in [1.54, 1.807) is 30.3 Å². The van der Waals surface area contributed by atoms with Gasteiger partial charge >= 0.3 is 0 Å². The number of halogens is 1. The molecule has 1 aromatic rings. The first-order valence-corrected chi connectivity index (χ1v) is 9.02. The van der Waals surface area contributed by atoms with Gasteiger partial charge < -0.3 is 0 Å². The molecular formula is C17H17ClN4OS. The Morgan fingerprint density at radius 2 is 2.04 bits per heavy atom. The highest BCUT2D eigenvalue weighted by Gasteiger charge is 2.35. The molecule has 0 aromatic heterocycles.